The molecule has 2 heterocycles. The number of ether oxygens (including phenoxy) is 1. The zero-order valence-electron chi connectivity index (χ0n) is 11.4. The highest BCUT2D eigenvalue weighted by molar-refractivity contribution is 7.59. The molecule has 7 heteroatoms. The normalized spacial score (nSPS) is 17.6. The van der Waals surface area contributed by atoms with Crippen molar-refractivity contribution < 1.29 is 18.7 Å². The van der Waals surface area contributed by atoms with Crippen LogP contribution >= 0.6 is 13.5 Å². The molecule has 5 nitrogen and oxygen atoms in total. The molecule has 0 bridgehead atoms. The van der Waals surface area contributed by atoms with E-state index in [9.17, 15) is 14.0 Å². The number of carbonyl (C=O) groups is 2. The first-order valence-electron chi connectivity index (χ1n) is 6.03. The molecular formula is C13H17FN2O3S. The van der Waals surface area contributed by atoms with Crippen LogP contribution in [0.2, 0.25) is 0 Å². The van der Waals surface area contributed by atoms with Crippen LogP contribution in [0.25, 0.3) is 0 Å². The van der Waals surface area contributed by atoms with Crippen LogP contribution in [0, 0.1) is 11.9 Å². The maximum absolute atomic E-state index is 13.6. The summed E-state index contributed by atoms with van der Waals surface area (Å²) in [5.41, 5.74) is -0.0209. The van der Waals surface area contributed by atoms with E-state index in [1.54, 1.807) is 6.07 Å². The maximum atomic E-state index is 13.6. The predicted molar refractivity (Wildman–Crippen MR) is 76.9 cm³/mol. The molecule has 0 aromatic carbocycles. The lowest BCUT2D eigenvalue weighted by Gasteiger charge is -2.17. The first kappa shape index (κ1) is 16.4. The average Bonchev–Trinajstić information content (AvgIpc) is 2.86. The van der Waals surface area contributed by atoms with Gasteiger partial charge in [-0.25, -0.2) is 4.98 Å². The van der Waals surface area contributed by atoms with Gasteiger partial charge in [-0.2, -0.15) is 17.9 Å². The van der Waals surface area contributed by atoms with Crippen LogP contribution in [0.3, 0.4) is 0 Å². The lowest BCUT2D eigenvalue weighted by atomic mass is 10.1. The summed E-state index contributed by atoms with van der Waals surface area (Å²) in [6.07, 6.45) is 0.657. The predicted octanol–water partition coefficient (Wildman–Crippen LogP) is 1.54. The molecule has 2 rings (SSSR count). The molecule has 1 aliphatic heterocycles. The van der Waals surface area contributed by atoms with Gasteiger partial charge in [-0.15, -0.1) is 0 Å². The molecule has 0 spiro atoms. The third-order valence-corrected chi connectivity index (χ3v) is 3.26. The average molecular weight is 300 g/mol. The van der Waals surface area contributed by atoms with Crippen molar-refractivity contribution in [1.82, 2.24) is 4.98 Å². The Morgan fingerprint density at radius 2 is 2.15 bits per heavy atom. The van der Waals surface area contributed by atoms with Gasteiger partial charge in [-0.3, -0.25) is 9.59 Å². The SMILES string of the molecule is COC(=O)[C@H]1CCN(c2ccc(C(C)=O)c(F)n2)C1.S. The smallest absolute Gasteiger partial charge is 0.310 e. The van der Waals surface area contributed by atoms with E-state index in [0.29, 0.717) is 25.3 Å². The van der Waals surface area contributed by atoms with E-state index >= 15 is 0 Å². The highest BCUT2D eigenvalue weighted by Crippen LogP contribution is 2.24. The van der Waals surface area contributed by atoms with Gasteiger partial charge in [0.2, 0.25) is 5.95 Å². The summed E-state index contributed by atoms with van der Waals surface area (Å²) >= 11 is 0. The molecule has 1 fully saturated rings. The number of aromatic nitrogens is 1. The molecule has 0 amide bonds. The lowest BCUT2D eigenvalue weighted by Crippen LogP contribution is -2.24. The highest BCUT2D eigenvalue weighted by atomic mass is 32.1. The van der Waals surface area contributed by atoms with Crippen LogP contribution in [-0.4, -0.2) is 36.9 Å². The minimum Gasteiger partial charge on any atom is -0.469 e. The van der Waals surface area contributed by atoms with Crippen molar-refractivity contribution in [2.75, 3.05) is 25.1 Å². The van der Waals surface area contributed by atoms with Crippen molar-refractivity contribution in [2.24, 2.45) is 5.92 Å². The molecule has 1 aromatic heterocycles. The van der Waals surface area contributed by atoms with Gasteiger partial charge in [0.05, 0.1) is 18.6 Å². The van der Waals surface area contributed by atoms with Gasteiger partial charge in [0.25, 0.3) is 0 Å². The quantitative estimate of drug-likeness (QED) is 0.481. The number of hydrogen-bond donors (Lipinski definition) is 0. The Morgan fingerprint density at radius 1 is 1.45 bits per heavy atom. The van der Waals surface area contributed by atoms with Gasteiger partial charge < -0.3 is 9.64 Å². The van der Waals surface area contributed by atoms with E-state index in [-0.39, 0.29) is 36.7 Å². The minimum absolute atomic E-state index is 0. The van der Waals surface area contributed by atoms with Gasteiger partial charge in [0.1, 0.15) is 5.82 Å². The Balaban J connectivity index is 0.00000200. The first-order chi connectivity index (χ1) is 9.02. The Labute approximate surface area is 123 Å². The molecule has 1 aromatic rings. The third kappa shape index (κ3) is 3.27. The van der Waals surface area contributed by atoms with Gasteiger partial charge in [-0.1, -0.05) is 0 Å². The number of rotatable bonds is 3. The van der Waals surface area contributed by atoms with Crippen LogP contribution in [0.4, 0.5) is 10.2 Å². The molecule has 1 saturated heterocycles. The molecule has 110 valence electrons. The molecule has 20 heavy (non-hydrogen) atoms. The van der Waals surface area contributed by atoms with Crippen molar-refractivity contribution in [3.8, 4) is 0 Å². The van der Waals surface area contributed by atoms with Gasteiger partial charge >= 0.3 is 5.97 Å². The van der Waals surface area contributed by atoms with E-state index < -0.39 is 5.95 Å². The maximum Gasteiger partial charge on any atom is 0.310 e. The number of ketones is 1. The second-order valence-corrected chi connectivity index (χ2v) is 4.52. The van der Waals surface area contributed by atoms with Crippen molar-refractivity contribution in [3.05, 3.63) is 23.6 Å². The first-order valence-corrected chi connectivity index (χ1v) is 6.03. The fourth-order valence-electron chi connectivity index (χ4n) is 2.19. The Bertz CT molecular complexity index is 524. The number of anilines is 1. The van der Waals surface area contributed by atoms with E-state index in [1.165, 1.54) is 20.1 Å². The van der Waals surface area contributed by atoms with Gasteiger partial charge in [-0.05, 0) is 25.5 Å². The van der Waals surface area contributed by atoms with E-state index in [4.69, 9.17) is 0 Å². The minimum atomic E-state index is -0.772. The van der Waals surface area contributed by atoms with Crippen LogP contribution in [0.1, 0.15) is 23.7 Å². The fourth-order valence-corrected chi connectivity index (χ4v) is 2.19. The second kappa shape index (κ2) is 6.69. The summed E-state index contributed by atoms with van der Waals surface area (Å²) in [6, 6.07) is 3.02. The van der Waals surface area contributed by atoms with Crippen molar-refractivity contribution in [2.45, 2.75) is 13.3 Å². The number of carbonyl (C=O) groups excluding carboxylic acids is 2. The molecule has 1 aliphatic rings. The van der Waals surface area contributed by atoms with E-state index in [2.05, 4.69) is 9.72 Å². The molecule has 0 N–H and O–H groups in total. The highest BCUT2D eigenvalue weighted by Gasteiger charge is 2.30. The van der Waals surface area contributed by atoms with Gasteiger partial charge in [0.15, 0.2) is 5.78 Å². The Morgan fingerprint density at radius 3 is 2.70 bits per heavy atom. The third-order valence-electron chi connectivity index (χ3n) is 3.26. The monoisotopic (exact) mass is 300 g/mol. The van der Waals surface area contributed by atoms with Gasteiger partial charge in [0, 0.05) is 13.1 Å². The molecule has 0 radical (unpaired) electrons. The largest absolute Gasteiger partial charge is 0.469 e. The number of halogens is 1. The molecule has 0 aliphatic carbocycles. The van der Waals surface area contributed by atoms with Crippen molar-refractivity contribution in [1.29, 1.82) is 0 Å². The van der Waals surface area contributed by atoms with Crippen LogP contribution in [0.5, 0.6) is 0 Å². The zero-order valence-corrected chi connectivity index (χ0v) is 12.4. The van der Waals surface area contributed by atoms with Crippen molar-refractivity contribution >= 4 is 31.1 Å². The van der Waals surface area contributed by atoms with Crippen molar-refractivity contribution in [3.63, 3.8) is 0 Å². The molecule has 0 unspecified atom stereocenters. The Kier molecular flexibility index (Phi) is 5.50. The summed E-state index contributed by atoms with van der Waals surface area (Å²) in [5.74, 6) is -1.16. The summed E-state index contributed by atoms with van der Waals surface area (Å²) in [6.45, 7) is 2.37. The number of hydrogen-bond acceptors (Lipinski definition) is 5. The van der Waals surface area contributed by atoms with Crippen LogP contribution < -0.4 is 4.90 Å². The summed E-state index contributed by atoms with van der Waals surface area (Å²) in [4.78, 5) is 28.1. The standard InChI is InChI=1S/C13H15FN2O3.H2S/c1-8(17)10-3-4-11(15-12(10)14)16-6-5-9(7-16)13(18)19-2;/h3-4,9H,5-7H2,1-2H3;1H2/t9-;/m0./s1. The number of esters is 1. The van der Waals surface area contributed by atoms with Crippen LogP contribution in [0.15, 0.2) is 12.1 Å². The summed E-state index contributed by atoms with van der Waals surface area (Å²) in [7, 11) is 1.35. The topological polar surface area (TPSA) is 59.5 Å². The summed E-state index contributed by atoms with van der Waals surface area (Å²) < 4.78 is 18.3. The number of Topliss-reactive ketones (excluding diaryl/α,β-unsaturated/α-hetero) is 1. The number of pyridine rings is 1. The zero-order chi connectivity index (χ0) is 14.0. The summed E-state index contributed by atoms with van der Waals surface area (Å²) in [5, 5.41) is 0. The molecular weight excluding hydrogens is 283 g/mol. The Hall–Kier alpha value is -1.63. The second-order valence-electron chi connectivity index (χ2n) is 4.52. The van der Waals surface area contributed by atoms with E-state index in [1.807, 2.05) is 4.90 Å². The molecule has 0 saturated carbocycles. The van der Waals surface area contributed by atoms with E-state index in [0.717, 1.165) is 0 Å². The number of nitrogens with zero attached hydrogens (tertiary/aromatic N) is 2. The number of methoxy groups -OCH3 is 1. The molecule has 1 atom stereocenters. The fraction of sp³-hybridized carbons (Fsp3) is 0.462. The lowest BCUT2D eigenvalue weighted by molar-refractivity contribution is -0.144. The van der Waals surface area contributed by atoms with Crippen LogP contribution in [-0.2, 0) is 9.53 Å².